The summed E-state index contributed by atoms with van der Waals surface area (Å²) in [6.07, 6.45) is 3.31. The topological polar surface area (TPSA) is 65.2 Å². The van der Waals surface area contributed by atoms with Gasteiger partial charge in [-0.25, -0.2) is 9.78 Å². The Morgan fingerprint density at radius 3 is 2.63 bits per heavy atom. The van der Waals surface area contributed by atoms with Crippen LogP contribution in [0.5, 0.6) is 0 Å². The van der Waals surface area contributed by atoms with Crippen LogP contribution in [-0.2, 0) is 11.3 Å². The van der Waals surface area contributed by atoms with Crippen molar-refractivity contribution >= 4 is 40.3 Å². The van der Waals surface area contributed by atoms with Gasteiger partial charge < -0.3 is 9.15 Å². The van der Waals surface area contributed by atoms with E-state index in [-0.39, 0.29) is 6.61 Å². The number of hydrogen-bond donors (Lipinski definition) is 0. The fourth-order valence-electron chi connectivity index (χ4n) is 2.57. The monoisotopic (exact) mass is 398 g/mol. The zero-order valence-electron chi connectivity index (χ0n) is 13.9. The van der Waals surface area contributed by atoms with Crippen molar-refractivity contribution in [1.29, 1.82) is 0 Å². The first-order valence-electron chi connectivity index (χ1n) is 8.01. The number of pyridine rings is 1. The molecule has 4 rings (SSSR count). The van der Waals surface area contributed by atoms with Crippen LogP contribution in [0, 0.1) is 0 Å². The van der Waals surface area contributed by atoms with E-state index < -0.39 is 5.97 Å². The lowest BCUT2D eigenvalue weighted by atomic mass is 10.2. The van der Waals surface area contributed by atoms with Crippen LogP contribution in [-0.4, -0.2) is 15.9 Å². The van der Waals surface area contributed by atoms with E-state index in [0.717, 1.165) is 5.56 Å². The Bertz CT molecular complexity index is 1110. The van der Waals surface area contributed by atoms with E-state index in [1.165, 1.54) is 0 Å². The van der Waals surface area contributed by atoms with Gasteiger partial charge in [0.1, 0.15) is 12.1 Å². The van der Waals surface area contributed by atoms with Gasteiger partial charge in [0, 0.05) is 33.6 Å². The number of rotatable bonds is 4. The average molecular weight is 399 g/mol. The summed E-state index contributed by atoms with van der Waals surface area (Å²) in [5.74, 6) is -0.0835. The second-order valence-corrected chi connectivity index (χ2v) is 6.67. The van der Waals surface area contributed by atoms with Gasteiger partial charge in [-0.05, 0) is 42.5 Å². The van der Waals surface area contributed by atoms with E-state index in [4.69, 9.17) is 32.4 Å². The van der Waals surface area contributed by atoms with Gasteiger partial charge in [0.05, 0.1) is 5.56 Å². The second-order valence-electron chi connectivity index (χ2n) is 5.80. The number of carbonyl (C=O) groups excluding carboxylic acids is 1. The van der Waals surface area contributed by atoms with Crippen LogP contribution in [0.25, 0.3) is 22.6 Å². The van der Waals surface area contributed by atoms with Crippen molar-refractivity contribution < 1.29 is 13.9 Å². The van der Waals surface area contributed by atoms with Gasteiger partial charge in [-0.15, -0.1) is 0 Å². The maximum atomic E-state index is 12.3. The zero-order chi connectivity index (χ0) is 18.8. The van der Waals surface area contributed by atoms with E-state index in [1.807, 2.05) is 6.07 Å². The third kappa shape index (κ3) is 3.94. The third-order valence-electron chi connectivity index (χ3n) is 3.83. The molecule has 0 amide bonds. The van der Waals surface area contributed by atoms with Gasteiger partial charge in [-0.2, -0.15) is 0 Å². The van der Waals surface area contributed by atoms with Crippen LogP contribution in [0.3, 0.4) is 0 Å². The number of hydrogen-bond acceptors (Lipinski definition) is 5. The molecule has 0 spiro atoms. The molecule has 2 aromatic carbocycles. The highest BCUT2D eigenvalue weighted by molar-refractivity contribution is 6.35. The highest BCUT2D eigenvalue weighted by atomic mass is 35.5. The maximum absolute atomic E-state index is 12.3. The van der Waals surface area contributed by atoms with Gasteiger partial charge in [0.25, 0.3) is 0 Å². The Balaban J connectivity index is 1.58. The number of esters is 1. The smallest absolute Gasteiger partial charge is 0.338 e. The Kier molecular flexibility index (Phi) is 4.79. The molecule has 0 radical (unpaired) electrons. The number of carbonyl (C=O) groups is 1. The van der Waals surface area contributed by atoms with Crippen LogP contribution < -0.4 is 0 Å². The van der Waals surface area contributed by atoms with E-state index in [1.54, 1.807) is 54.9 Å². The lowest BCUT2D eigenvalue weighted by Crippen LogP contribution is -2.05. The van der Waals surface area contributed by atoms with Crippen LogP contribution in [0.4, 0.5) is 0 Å². The summed E-state index contributed by atoms with van der Waals surface area (Å²) in [7, 11) is 0. The Morgan fingerprint density at radius 2 is 1.89 bits per heavy atom. The highest BCUT2D eigenvalue weighted by Crippen LogP contribution is 2.29. The fourth-order valence-corrected chi connectivity index (χ4v) is 3.09. The minimum Gasteiger partial charge on any atom is -0.457 e. The molecule has 4 aromatic rings. The van der Waals surface area contributed by atoms with Crippen LogP contribution in [0.15, 0.2) is 65.3 Å². The van der Waals surface area contributed by atoms with Crippen LogP contribution in [0.2, 0.25) is 10.0 Å². The van der Waals surface area contributed by atoms with Gasteiger partial charge >= 0.3 is 5.97 Å². The Hall–Kier alpha value is -2.89. The summed E-state index contributed by atoms with van der Waals surface area (Å²) in [6, 6.07) is 13.6. The van der Waals surface area contributed by atoms with E-state index >= 15 is 0 Å². The molecular weight excluding hydrogens is 387 g/mol. The Labute approximate surface area is 164 Å². The van der Waals surface area contributed by atoms with Gasteiger partial charge in [-0.1, -0.05) is 29.3 Å². The molecular formula is C20H12Cl2N2O3. The quantitative estimate of drug-likeness (QED) is 0.421. The largest absolute Gasteiger partial charge is 0.457 e. The van der Waals surface area contributed by atoms with Crippen molar-refractivity contribution in [1.82, 2.24) is 9.97 Å². The third-order valence-corrected chi connectivity index (χ3v) is 4.26. The SMILES string of the molecule is O=C(OCc1cccnc1)c1ccc2nc(-c3cc(Cl)cc(Cl)c3)oc2c1. The molecule has 0 atom stereocenters. The lowest BCUT2D eigenvalue weighted by molar-refractivity contribution is 0.0472. The molecule has 27 heavy (non-hydrogen) atoms. The van der Waals surface area contributed by atoms with Crippen LogP contribution >= 0.6 is 23.2 Å². The van der Waals surface area contributed by atoms with Crippen molar-refractivity contribution in [3.8, 4) is 11.5 Å². The molecule has 2 heterocycles. The standard InChI is InChI=1S/C20H12Cl2N2O3/c21-15-6-14(7-16(22)9-15)19-24-17-4-3-13(8-18(17)27-19)20(25)26-11-12-2-1-5-23-10-12/h1-10H,11H2. The number of ether oxygens (including phenoxy) is 1. The zero-order valence-corrected chi connectivity index (χ0v) is 15.4. The summed E-state index contributed by atoms with van der Waals surface area (Å²) in [5.41, 5.74) is 2.93. The lowest BCUT2D eigenvalue weighted by Gasteiger charge is -2.04. The molecule has 5 nitrogen and oxygen atoms in total. The predicted octanol–water partition coefficient (Wildman–Crippen LogP) is 5.55. The fraction of sp³-hybridized carbons (Fsp3) is 0.0500. The first-order chi connectivity index (χ1) is 13.1. The van der Waals surface area contributed by atoms with E-state index in [9.17, 15) is 4.79 Å². The van der Waals surface area contributed by atoms with Crippen molar-refractivity contribution in [2.75, 3.05) is 0 Å². The Morgan fingerprint density at radius 1 is 1.07 bits per heavy atom. The van der Waals surface area contributed by atoms with E-state index in [0.29, 0.717) is 38.2 Å². The first-order valence-corrected chi connectivity index (χ1v) is 8.77. The molecule has 0 aliphatic carbocycles. The van der Waals surface area contributed by atoms with Gasteiger partial charge in [0.15, 0.2) is 5.58 Å². The molecule has 0 bridgehead atoms. The normalized spacial score (nSPS) is 10.9. The number of nitrogens with zero attached hydrogens (tertiary/aromatic N) is 2. The summed E-state index contributed by atoms with van der Waals surface area (Å²) >= 11 is 12.1. The van der Waals surface area contributed by atoms with Crippen LogP contribution in [0.1, 0.15) is 15.9 Å². The molecule has 0 unspecified atom stereocenters. The molecule has 0 saturated carbocycles. The predicted molar refractivity (Wildman–Crippen MR) is 103 cm³/mol. The van der Waals surface area contributed by atoms with Crippen molar-refractivity contribution in [2.45, 2.75) is 6.61 Å². The molecule has 2 aromatic heterocycles. The molecule has 134 valence electrons. The van der Waals surface area contributed by atoms with E-state index in [2.05, 4.69) is 9.97 Å². The molecule has 0 fully saturated rings. The van der Waals surface area contributed by atoms with Crippen molar-refractivity contribution in [2.24, 2.45) is 0 Å². The number of oxazole rings is 1. The number of benzene rings is 2. The summed E-state index contributed by atoms with van der Waals surface area (Å²) in [4.78, 5) is 20.7. The summed E-state index contributed by atoms with van der Waals surface area (Å²) in [6.45, 7) is 0.146. The second kappa shape index (κ2) is 7.39. The maximum Gasteiger partial charge on any atom is 0.338 e. The van der Waals surface area contributed by atoms with Gasteiger partial charge in [-0.3, -0.25) is 4.98 Å². The van der Waals surface area contributed by atoms with Crippen molar-refractivity contribution in [3.05, 3.63) is 82.1 Å². The first kappa shape index (κ1) is 17.5. The summed E-state index contributed by atoms with van der Waals surface area (Å²) in [5, 5.41) is 0.971. The van der Waals surface area contributed by atoms with Crippen molar-refractivity contribution in [3.63, 3.8) is 0 Å². The van der Waals surface area contributed by atoms with Gasteiger partial charge in [0.2, 0.25) is 5.89 Å². The molecule has 0 N–H and O–H groups in total. The molecule has 0 aliphatic heterocycles. The molecule has 0 saturated heterocycles. The molecule has 0 aliphatic rings. The number of fused-ring (bicyclic) bond motifs is 1. The summed E-state index contributed by atoms with van der Waals surface area (Å²) < 4.78 is 11.1. The number of aromatic nitrogens is 2. The minimum absolute atomic E-state index is 0.146. The average Bonchev–Trinajstić information content (AvgIpc) is 3.09. The minimum atomic E-state index is -0.454. The number of halogens is 2. The molecule has 7 heteroatoms. The highest BCUT2D eigenvalue weighted by Gasteiger charge is 2.14.